The molecule has 0 fully saturated rings. The molecule has 0 saturated carbocycles. The minimum atomic E-state index is 0.0143. The van der Waals surface area contributed by atoms with E-state index in [0.29, 0.717) is 0 Å². The number of rotatable bonds is 1. The zero-order valence-electron chi connectivity index (χ0n) is 9.86. The molecule has 3 nitrogen and oxygen atoms in total. The number of hydrogen-bond donors (Lipinski definition) is 0. The van der Waals surface area contributed by atoms with E-state index in [2.05, 4.69) is 0 Å². The highest BCUT2D eigenvalue weighted by Crippen LogP contribution is 2.31. The van der Waals surface area contributed by atoms with Gasteiger partial charge in [0.05, 0.1) is 12.6 Å². The van der Waals surface area contributed by atoms with Crippen LogP contribution in [0.15, 0.2) is 29.1 Å². The van der Waals surface area contributed by atoms with Gasteiger partial charge in [-0.3, -0.25) is 9.36 Å². The van der Waals surface area contributed by atoms with Crippen molar-refractivity contribution in [2.75, 3.05) is 7.11 Å². The zero-order valence-corrected chi connectivity index (χ0v) is 9.86. The van der Waals surface area contributed by atoms with Crippen LogP contribution in [-0.4, -0.2) is 11.7 Å². The van der Waals surface area contributed by atoms with E-state index in [1.165, 1.54) is 0 Å². The molecule has 0 aliphatic carbocycles. The van der Waals surface area contributed by atoms with Crippen LogP contribution in [0.2, 0.25) is 0 Å². The van der Waals surface area contributed by atoms with E-state index in [1.54, 1.807) is 17.7 Å². The predicted octanol–water partition coefficient (Wildman–Crippen LogP) is 2.35. The number of aryl methyl sites for hydroxylation is 1. The highest BCUT2D eigenvalue weighted by molar-refractivity contribution is 5.89. The standard InChI is InChI=1S/C14H13NO2/c1-9-8-13(16)15-7-3-4-11-12(17-2)6-5-10(9)14(11)15/h3,5-8H,4H2,1-2H3. The first-order valence-corrected chi connectivity index (χ1v) is 5.61. The number of aromatic nitrogens is 1. The van der Waals surface area contributed by atoms with Crippen molar-refractivity contribution in [3.63, 3.8) is 0 Å². The van der Waals surface area contributed by atoms with Gasteiger partial charge >= 0.3 is 0 Å². The van der Waals surface area contributed by atoms with E-state index < -0.39 is 0 Å². The third-order valence-corrected chi connectivity index (χ3v) is 3.28. The predicted molar refractivity (Wildman–Crippen MR) is 68.5 cm³/mol. The van der Waals surface area contributed by atoms with Crippen molar-refractivity contribution in [1.82, 2.24) is 4.57 Å². The molecule has 3 heteroatoms. The van der Waals surface area contributed by atoms with E-state index in [-0.39, 0.29) is 5.56 Å². The molecule has 86 valence electrons. The Bertz CT molecular complexity index is 695. The minimum absolute atomic E-state index is 0.0143. The van der Waals surface area contributed by atoms with Gasteiger partial charge in [-0.15, -0.1) is 0 Å². The van der Waals surface area contributed by atoms with Gasteiger partial charge in [-0.2, -0.15) is 0 Å². The van der Waals surface area contributed by atoms with Gasteiger partial charge < -0.3 is 4.74 Å². The molecule has 3 rings (SSSR count). The summed E-state index contributed by atoms with van der Waals surface area (Å²) in [6.07, 6.45) is 4.64. The minimum Gasteiger partial charge on any atom is -0.496 e. The van der Waals surface area contributed by atoms with Gasteiger partial charge in [0.15, 0.2) is 0 Å². The molecule has 0 saturated heterocycles. The van der Waals surface area contributed by atoms with E-state index >= 15 is 0 Å². The molecule has 17 heavy (non-hydrogen) atoms. The summed E-state index contributed by atoms with van der Waals surface area (Å²) in [6, 6.07) is 5.66. The first-order chi connectivity index (χ1) is 8.22. The van der Waals surface area contributed by atoms with Crippen molar-refractivity contribution < 1.29 is 4.74 Å². The number of pyridine rings is 1. The van der Waals surface area contributed by atoms with Gasteiger partial charge in [-0.05, 0) is 31.0 Å². The molecule has 0 amide bonds. The fourth-order valence-electron chi connectivity index (χ4n) is 2.47. The van der Waals surface area contributed by atoms with Gasteiger partial charge in [0.25, 0.3) is 5.56 Å². The third-order valence-electron chi connectivity index (χ3n) is 3.28. The maximum absolute atomic E-state index is 11.9. The summed E-state index contributed by atoms with van der Waals surface area (Å²) in [5, 5.41) is 1.12. The van der Waals surface area contributed by atoms with E-state index in [1.807, 2.05) is 31.3 Å². The molecular weight excluding hydrogens is 214 g/mol. The molecule has 0 bridgehead atoms. The first-order valence-electron chi connectivity index (χ1n) is 5.61. The lowest BCUT2D eigenvalue weighted by Crippen LogP contribution is -2.18. The molecule has 1 aromatic carbocycles. The van der Waals surface area contributed by atoms with E-state index in [0.717, 1.165) is 34.2 Å². The molecule has 1 aliphatic heterocycles. The third kappa shape index (κ3) is 1.32. The van der Waals surface area contributed by atoms with Crippen LogP contribution in [-0.2, 0) is 6.42 Å². The Kier molecular flexibility index (Phi) is 2.08. The Hall–Kier alpha value is -2.03. The number of nitrogens with zero attached hydrogens (tertiary/aromatic N) is 1. The monoisotopic (exact) mass is 227 g/mol. The molecule has 0 atom stereocenters. The summed E-state index contributed by atoms with van der Waals surface area (Å²) >= 11 is 0. The second-order valence-corrected chi connectivity index (χ2v) is 4.27. The second-order valence-electron chi connectivity index (χ2n) is 4.27. The molecule has 1 aliphatic rings. The molecule has 0 radical (unpaired) electrons. The van der Waals surface area contributed by atoms with Crippen molar-refractivity contribution in [2.45, 2.75) is 13.3 Å². The SMILES string of the molecule is COc1ccc2c(C)cc(=O)n3c2c1CC=C3. The van der Waals surface area contributed by atoms with Gasteiger partial charge in [0.1, 0.15) is 5.75 Å². The smallest absolute Gasteiger partial charge is 0.255 e. The van der Waals surface area contributed by atoms with Gasteiger partial charge in [0.2, 0.25) is 0 Å². The zero-order chi connectivity index (χ0) is 12.0. The number of ether oxygens (including phenoxy) is 1. The lowest BCUT2D eigenvalue weighted by atomic mass is 10.0. The summed E-state index contributed by atoms with van der Waals surface area (Å²) < 4.78 is 7.06. The van der Waals surface area contributed by atoms with E-state index in [9.17, 15) is 4.79 Å². The fraction of sp³-hybridized carbons (Fsp3) is 0.214. The number of allylic oxidation sites excluding steroid dienone is 1. The largest absolute Gasteiger partial charge is 0.496 e. The molecule has 2 heterocycles. The normalized spacial score (nSPS) is 13.1. The van der Waals surface area contributed by atoms with Crippen LogP contribution < -0.4 is 10.3 Å². The van der Waals surface area contributed by atoms with Crippen molar-refractivity contribution in [1.29, 1.82) is 0 Å². The molecule has 2 aromatic rings. The fourth-order valence-corrected chi connectivity index (χ4v) is 2.47. The van der Waals surface area contributed by atoms with Gasteiger partial charge in [0, 0.05) is 23.2 Å². The molecule has 0 spiro atoms. The van der Waals surface area contributed by atoms with Crippen LogP contribution in [0.4, 0.5) is 0 Å². The average Bonchev–Trinajstić information content (AvgIpc) is 2.35. The van der Waals surface area contributed by atoms with E-state index in [4.69, 9.17) is 4.74 Å². The highest BCUT2D eigenvalue weighted by Gasteiger charge is 2.15. The Morgan fingerprint density at radius 3 is 2.94 bits per heavy atom. The topological polar surface area (TPSA) is 31.2 Å². The van der Waals surface area contributed by atoms with Crippen molar-refractivity contribution >= 4 is 17.1 Å². The molecule has 1 aromatic heterocycles. The summed E-state index contributed by atoms with van der Waals surface area (Å²) in [7, 11) is 1.66. The Morgan fingerprint density at radius 1 is 1.35 bits per heavy atom. The summed E-state index contributed by atoms with van der Waals surface area (Å²) in [5.41, 5.74) is 3.10. The number of benzene rings is 1. The molecule has 0 unspecified atom stereocenters. The van der Waals surface area contributed by atoms with Crippen LogP contribution in [0.25, 0.3) is 17.1 Å². The lowest BCUT2D eigenvalue weighted by Gasteiger charge is -2.18. The Balaban J connectivity index is 2.57. The molecule has 0 N–H and O–H groups in total. The summed E-state index contributed by atoms with van der Waals surface area (Å²) in [4.78, 5) is 11.9. The number of methoxy groups -OCH3 is 1. The maximum Gasteiger partial charge on any atom is 0.255 e. The Labute approximate surface area is 98.9 Å². The molecular formula is C14H13NO2. The van der Waals surface area contributed by atoms with Crippen molar-refractivity contribution in [2.24, 2.45) is 0 Å². The van der Waals surface area contributed by atoms with Gasteiger partial charge in [-0.25, -0.2) is 0 Å². The Morgan fingerprint density at radius 2 is 2.18 bits per heavy atom. The summed E-state index contributed by atoms with van der Waals surface area (Å²) in [6.45, 7) is 1.97. The van der Waals surface area contributed by atoms with Crippen molar-refractivity contribution in [3.8, 4) is 5.75 Å². The van der Waals surface area contributed by atoms with Gasteiger partial charge in [-0.1, -0.05) is 6.08 Å². The van der Waals surface area contributed by atoms with Crippen LogP contribution in [0.1, 0.15) is 11.1 Å². The second kappa shape index (κ2) is 3.48. The van der Waals surface area contributed by atoms with Crippen LogP contribution >= 0.6 is 0 Å². The quantitative estimate of drug-likeness (QED) is 0.748. The number of hydrogen-bond acceptors (Lipinski definition) is 2. The van der Waals surface area contributed by atoms with Crippen LogP contribution in [0.5, 0.6) is 5.75 Å². The highest BCUT2D eigenvalue weighted by atomic mass is 16.5. The summed E-state index contributed by atoms with van der Waals surface area (Å²) in [5.74, 6) is 0.848. The van der Waals surface area contributed by atoms with Crippen LogP contribution in [0, 0.1) is 6.92 Å². The average molecular weight is 227 g/mol. The van der Waals surface area contributed by atoms with Crippen LogP contribution in [0.3, 0.4) is 0 Å². The lowest BCUT2D eigenvalue weighted by molar-refractivity contribution is 0.411. The van der Waals surface area contributed by atoms with Crippen molar-refractivity contribution in [3.05, 3.63) is 45.8 Å². The first kappa shape index (κ1) is 10.1. The maximum atomic E-state index is 11.9.